The number of H-pyrrole nitrogens is 1. The summed E-state index contributed by atoms with van der Waals surface area (Å²) in [5.41, 5.74) is 0.691. The van der Waals surface area contributed by atoms with Gasteiger partial charge in [0.15, 0.2) is 9.84 Å². The van der Waals surface area contributed by atoms with E-state index in [2.05, 4.69) is 9.97 Å². The van der Waals surface area contributed by atoms with Crippen molar-refractivity contribution >= 4 is 48.1 Å². The van der Waals surface area contributed by atoms with Gasteiger partial charge in [-0.15, -0.1) is 0 Å². The van der Waals surface area contributed by atoms with Crippen LogP contribution in [0.4, 0.5) is 0 Å². The number of amides is 1. The second-order valence-electron chi connectivity index (χ2n) is 8.72. The summed E-state index contributed by atoms with van der Waals surface area (Å²) in [5, 5.41) is 2.17. The number of imidazole rings is 1. The minimum Gasteiger partial charge on any atom is -0.347 e. The molecule has 1 aliphatic rings. The number of fused-ring (bicyclic) bond motifs is 1. The number of likely N-dealkylation sites (tertiary alicyclic amines) is 1. The predicted molar refractivity (Wildman–Crippen MR) is 134 cm³/mol. The molecule has 0 unspecified atom stereocenters. The lowest BCUT2D eigenvalue weighted by Crippen LogP contribution is -2.48. The van der Waals surface area contributed by atoms with Crippen LogP contribution in [0.2, 0.25) is 5.02 Å². The molecule has 0 aliphatic carbocycles. The molecule has 1 amide bonds. The minimum absolute atomic E-state index is 0.129. The maximum absolute atomic E-state index is 12.9. The Morgan fingerprint density at radius 3 is 2.46 bits per heavy atom. The van der Waals surface area contributed by atoms with Gasteiger partial charge in [-0.1, -0.05) is 23.7 Å². The fourth-order valence-electron chi connectivity index (χ4n) is 4.35. The summed E-state index contributed by atoms with van der Waals surface area (Å²) in [7, 11) is -7.11. The van der Waals surface area contributed by atoms with E-state index in [-0.39, 0.29) is 35.6 Å². The topological polar surface area (TPSA) is 121 Å². The maximum atomic E-state index is 12.9. The van der Waals surface area contributed by atoms with Crippen LogP contribution in [0.25, 0.3) is 10.8 Å². The lowest BCUT2D eigenvalue weighted by Gasteiger charge is -2.37. The van der Waals surface area contributed by atoms with E-state index >= 15 is 0 Å². The molecule has 1 saturated heterocycles. The molecule has 35 heavy (non-hydrogen) atoms. The summed E-state index contributed by atoms with van der Waals surface area (Å²) in [6.07, 6.45) is 5.09. The van der Waals surface area contributed by atoms with Gasteiger partial charge in [-0.3, -0.25) is 4.79 Å². The number of benzene rings is 2. The molecule has 0 spiro atoms. The minimum atomic E-state index is -3.65. The number of aromatic amines is 1. The highest BCUT2D eigenvalue weighted by Gasteiger charge is 2.32. The van der Waals surface area contributed by atoms with Crippen LogP contribution in [-0.2, 0) is 31.2 Å². The van der Waals surface area contributed by atoms with Gasteiger partial charge in [-0.25, -0.2) is 21.8 Å². The molecule has 2 heterocycles. The number of aromatic nitrogens is 2. The van der Waals surface area contributed by atoms with Crippen molar-refractivity contribution in [1.29, 1.82) is 0 Å². The molecule has 9 nitrogen and oxygen atoms in total. The van der Waals surface area contributed by atoms with Crippen LogP contribution in [0.3, 0.4) is 0 Å². The van der Waals surface area contributed by atoms with Gasteiger partial charge in [0, 0.05) is 42.5 Å². The van der Waals surface area contributed by atoms with E-state index < -0.39 is 19.9 Å². The molecule has 12 heteroatoms. The number of sulfone groups is 1. The summed E-state index contributed by atoms with van der Waals surface area (Å²) < 4.78 is 51.9. The van der Waals surface area contributed by atoms with E-state index in [4.69, 9.17) is 11.6 Å². The predicted octanol–water partition coefficient (Wildman–Crippen LogP) is 2.83. The summed E-state index contributed by atoms with van der Waals surface area (Å²) in [6, 6.07) is 9.82. The second kappa shape index (κ2) is 10.3. The monoisotopic (exact) mass is 538 g/mol. The zero-order chi connectivity index (χ0) is 25.2. The van der Waals surface area contributed by atoms with Gasteiger partial charge in [-0.05, 0) is 47.9 Å². The average Bonchev–Trinajstić information content (AvgIpc) is 3.33. The number of hydrogen-bond donors (Lipinski definition) is 1. The first-order valence-electron chi connectivity index (χ1n) is 11.2. The standard InChI is InChI=1S/C23H27ClN4O5S2/c1-34(30,31)28(15-20-14-25-16-26-20)21-6-9-27(10-7-21)23(29)8-11-35(32,33)22-5-3-17-12-19(24)4-2-18(17)13-22/h2-5,12-14,16,21H,6-11,15H2,1H3,(H,25,26). The molecule has 3 aromatic rings. The smallest absolute Gasteiger partial charge is 0.223 e. The van der Waals surface area contributed by atoms with Crippen LogP contribution in [0.1, 0.15) is 25.0 Å². The van der Waals surface area contributed by atoms with Gasteiger partial charge in [-0.2, -0.15) is 4.31 Å². The second-order valence-corrected chi connectivity index (χ2v) is 13.2. The number of sulfonamides is 1. The van der Waals surface area contributed by atoms with E-state index in [0.717, 1.165) is 10.8 Å². The molecule has 1 aliphatic heterocycles. The highest BCUT2D eigenvalue weighted by molar-refractivity contribution is 7.91. The number of carbonyl (C=O) groups is 1. The molecule has 1 fully saturated rings. The first-order chi connectivity index (χ1) is 16.5. The van der Waals surface area contributed by atoms with Crippen molar-refractivity contribution in [2.45, 2.75) is 36.7 Å². The summed E-state index contributed by atoms with van der Waals surface area (Å²) in [5.74, 6) is -0.542. The Kier molecular flexibility index (Phi) is 7.51. The molecule has 2 aromatic carbocycles. The van der Waals surface area contributed by atoms with E-state index in [9.17, 15) is 21.6 Å². The van der Waals surface area contributed by atoms with Crippen molar-refractivity contribution in [3.8, 4) is 0 Å². The van der Waals surface area contributed by atoms with Crippen LogP contribution >= 0.6 is 11.6 Å². The van der Waals surface area contributed by atoms with E-state index in [1.165, 1.54) is 23.0 Å². The van der Waals surface area contributed by atoms with Gasteiger partial charge < -0.3 is 9.88 Å². The molecule has 188 valence electrons. The zero-order valence-corrected chi connectivity index (χ0v) is 21.6. The number of halogens is 1. The number of piperidine rings is 1. The number of carbonyl (C=O) groups excluding carboxylic acids is 1. The van der Waals surface area contributed by atoms with E-state index in [1.807, 2.05) is 0 Å². The van der Waals surface area contributed by atoms with Crippen LogP contribution in [0.15, 0.2) is 53.8 Å². The van der Waals surface area contributed by atoms with Gasteiger partial charge in [0.2, 0.25) is 15.9 Å². The normalized spacial score (nSPS) is 15.7. The van der Waals surface area contributed by atoms with Crippen LogP contribution < -0.4 is 0 Å². The van der Waals surface area contributed by atoms with Gasteiger partial charge >= 0.3 is 0 Å². The first-order valence-corrected chi connectivity index (χ1v) is 15.0. The molecular formula is C23H27ClN4O5S2. The summed E-state index contributed by atoms with van der Waals surface area (Å²) >= 11 is 5.99. The van der Waals surface area contributed by atoms with Crippen molar-refractivity contribution in [2.75, 3.05) is 25.1 Å². The summed E-state index contributed by atoms with van der Waals surface area (Å²) in [6.45, 7) is 0.929. The Morgan fingerprint density at radius 2 is 1.80 bits per heavy atom. The Balaban J connectivity index is 1.35. The van der Waals surface area contributed by atoms with Crippen LogP contribution in [0.5, 0.6) is 0 Å². The highest BCUT2D eigenvalue weighted by Crippen LogP contribution is 2.25. The molecule has 0 radical (unpaired) electrons. The number of hydrogen-bond acceptors (Lipinski definition) is 6. The quantitative estimate of drug-likeness (QED) is 0.471. The number of rotatable bonds is 8. The van der Waals surface area contributed by atoms with Crippen molar-refractivity contribution in [2.24, 2.45) is 0 Å². The van der Waals surface area contributed by atoms with Crippen LogP contribution in [0, 0.1) is 0 Å². The zero-order valence-electron chi connectivity index (χ0n) is 19.2. The van der Waals surface area contributed by atoms with Crippen LogP contribution in [-0.4, -0.2) is 73.1 Å². The Morgan fingerprint density at radius 1 is 1.11 bits per heavy atom. The Hall–Kier alpha value is -2.47. The molecular weight excluding hydrogens is 512 g/mol. The van der Waals surface area contributed by atoms with E-state index in [1.54, 1.807) is 41.4 Å². The SMILES string of the molecule is CS(=O)(=O)N(Cc1cnc[nH]1)C1CCN(C(=O)CCS(=O)(=O)c2ccc3cc(Cl)ccc3c2)CC1. The number of nitrogens with one attached hydrogen (secondary N) is 1. The lowest BCUT2D eigenvalue weighted by atomic mass is 10.0. The molecule has 4 rings (SSSR count). The summed E-state index contributed by atoms with van der Waals surface area (Å²) in [4.78, 5) is 21.4. The number of nitrogens with zero attached hydrogens (tertiary/aromatic N) is 3. The fourth-order valence-corrected chi connectivity index (χ4v) is 6.91. The lowest BCUT2D eigenvalue weighted by molar-refractivity contribution is -0.132. The fraction of sp³-hybridized carbons (Fsp3) is 0.391. The highest BCUT2D eigenvalue weighted by atomic mass is 35.5. The van der Waals surface area contributed by atoms with Crippen molar-refractivity contribution in [3.05, 3.63) is 59.6 Å². The van der Waals surface area contributed by atoms with Crippen molar-refractivity contribution in [1.82, 2.24) is 19.2 Å². The maximum Gasteiger partial charge on any atom is 0.223 e. The molecule has 1 N–H and O–H groups in total. The van der Waals surface area contributed by atoms with Gasteiger partial charge in [0.1, 0.15) is 0 Å². The Labute approximate surface area is 210 Å². The van der Waals surface area contributed by atoms with Gasteiger partial charge in [0.05, 0.1) is 29.8 Å². The third-order valence-electron chi connectivity index (χ3n) is 6.25. The third kappa shape index (κ3) is 6.21. The molecule has 0 saturated carbocycles. The van der Waals surface area contributed by atoms with Gasteiger partial charge in [0.25, 0.3) is 0 Å². The average molecular weight is 539 g/mol. The molecule has 0 bridgehead atoms. The largest absolute Gasteiger partial charge is 0.347 e. The molecule has 0 atom stereocenters. The van der Waals surface area contributed by atoms with E-state index in [0.29, 0.717) is 36.6 Å². The van der Waals surface area contributed by atoms with Crippen molar-refractivity contribution < 1.29 is 21.6 Å². The van der Waals surface area contributed by atoms with Crippen molar-refractivity contribution in [3.63, 3.8) is 0 Å². The third-order valence-corrected chi connectivity index (χ3v) is 9.48. The Bertz CT molecular complexity index is 1420. The molecule has 1 aromatic heterocycles. The first kappa shape index (κ1) is 25.6.